The topological polar surface area (TPSA) is 89.9 Å². The van der Waals surface area contributed by atoms with Gasteiger partial charge >= 0.3 is 0 Å². The van der Waals surface area contributed by atoms with Gasteiger partial charge in [0.2, 0.25) is 5.91 Å². The second-order valence-electron chi connectivity index (χ2n) is 9.16. The second kappa shape index (κ2) is 10.2. The van der Waals surface area contributed by atoms with E-state index in [0.717, 1.165) is 61.8 Å². The number of hydrogen-bond acceptors (Lipinski definition) is 5. The first-order chi connectivity index (χ1) is 14.9. The predicted molar refractivity (Wildman–Crippen MR) is 126 cm³/mol. The summed E-state index contributed by atoms with van der Waals surface area (Å²) in [6.07, 6.45) is 12.8. The lowest BCUT2D eigenvalue weighted by Gasteiger charge is -2.32. The molecule has 0 radical (unpaired) electrons. The van der Waals surface area contributed by atoms with E-state index in [1.54, 1.807) is 0 Å². The summed E-state index contributed by atoms with van der Waals surface area (Å²) in [5.74, 6) is 0.474. The fourth-order valence-electron chi connectivity index (χ4n) is 4.85. The van der Waals surface area contributed by atoms with Crippen LogP contribution in [0.4, 0.5) is 5.82 Å². The number of likely N-dealkylation sites (tertiary alicyclic amines) is 1. The van der Waals surface area contributed by atoms with E-state index in [0.29, 0.717) is 12.4 Å². The van der Waals surface area contributed by atoms with Crippen molar-refractivity contribution in [1.82, 2.24) is 24.6 Å². The van der Waals surface area contributed by atoms with Crippen LogP contribution in [0.3, 0.4) is 0 Å². The van der Waals surface area contributed by atoms with Gasteiger partial charge in [0.15, 0.2) is 5.65 Å². The van der Waals surface area contributed by atoms with E-state index in [2.05, 4.69) is 37.3 Å². The van der Waals surface area contributed by atoms with Gasteiger partial charge in [-0.1, -0.05) is 59.5 Å². The molecule has 1 fully saturated rings. The SMILES string of the molecule is C=CC(=O)N1CCC[C@@H](n2nc(C(C)(CCCC)CCCCC)c3c(N)ncnc32)C1. The number of carbonyl (C=O) groups excluding carboxylic acids is 1. The lowest BCUT2D eigenvalue weighted by Crippen LogP contribution is -2.40. The van der Waals surface area contributed by atoms with E-state index in [4.69, 9.17) is 10.8 Å². The first kappa shape index (κ1) is 23.2. The minimum atomic E-state index is -0.0706. The van der Waals surface area contributed by atoms with Gasteiger partial charge < -0.3 is 10.6 Å². The lowest BCUT2D eigenvalue weighted by molar-refractivity contribution is -0.127. The van der Waals surface area contributed by atoms with Crippen LogP contribution in [0.1, 0.15) is 90.3 Å². The van der Waals surface area contributed by atoms with Crippen LogP contribution in [0, 0.1) is 0 Å². The first-order valence-electron chi connectivity index (χ1n) is 11.9. The smallest absolute Gasteiger partial charge is 0.246 e. The summed E-state index contributed by atoms with van der Waals surface area (Å²) in [5.41, 5.74) is 8.14. The minimum Gasteiger partial charge on any atom is -0.383 e. The van der Waals surface area contributed by atoms with Gasteiger partial charge in [-0.25, -0.2) is 14.6 Å². The molecule has 7 heteroatoms. The molecular weight excluding hydrogens is 388 g/mol. The number of piperidine rings is 1. The molecule has 7 nitrogen and oxygen atoms in total. The van der Waals surface area contributed by atoms with Crippen molar-refractivity contribution in [3.63, 3.8) is 0 Å². The van der Waals surface area contributed by atoms with Gasteiger partial charge in [0.1, 0.15) is 12.1 Å². The fourth-order valence-corrected chi connectivity index (χ4v) is 4.85. The Morgan fingerprint density at radius 1 is 1.26 bits per heavy atom. The summed E-state index contributed by atoms with van der Waals surface area (Å²) >= 11 is 0. The molecule has 31 heavy (non-hydrogen) atoms. The van der Waals surface area contributed by atoms with Gasteiger partial charge in [0.25, 0.3) is 0 Å². The number of carbonyl (C=O) groups is 1. The third kappa shape index (κ3) is 4.91. The molecule has 1 aliphatic rings. The van der Waals surface area contributed by atoms with Crippen molar-refractivity contribution < 1.29 is 4.79 Å². The summed E-state index contributed by atoms with van der Waals surface area (Å²) in [4.78, 5) is 23.0. The zero-order valence-corrected chi connectivity index (χ0v) is 19.4. The molecule has 1 saturated heterocycles. The van der Waals surface area contributed by atoms with E-state index in [9.17, 15) is 4.79 Å². The molecule has 1 amide bonds. The zero-order chi connectivity index (χ0) is 22.4. The number of hydrogen-bond donors (Lipinski definition) is 1. The quantitative estimate of drug-likeness (QED) is 0.436. The monoisotopic (exact) mass is 426 g/mol. The first-order valence-corrected chi connectivity index (χ1v) is 11.9. The predicted octanol–water partition coefficient (Wildman–Crippen LogP) is 4.79. The van der Waals surface area contributed by atoms with Crippen LogP contribution in [-0.4, -0.2) is 43.6 Å². The molecule has 2 aromatic rings. The van der Waals surface area contributed by atoms with Crippen molar-refractivity contribution in [1.29, 1.82) is 0 Å². The van der Waals surface area contributed by atoms with Crippen molar-refractivity contribution in [2.24, 2.45) is 0 Å². The number of anilines is 1. The summed E-state index contributed by atoms with van der Waals surface area (Å²) in [5, 5.41) is 6.06. The molecule has 2 aromatic heterocycles. The van der Waals surface area contributed by atoms with Crippen LogP contribution in [-0.2, 0) is 10.2 Å². The lowest BCUT2D eigenvalue weighted by atomic mass is 9.76. The maximum Gasteiger partial charge on any atom is 0.246 e. The number of aromatic nitrogens is 4. The standard InChI is InChI=1S/C24H38N6O/c1-5-8-10-14-24(4,13-9-6-2)21-20-22(25)26-17-27-23(20)30(28-21)18-12-11-15-29(16-18)19(31)7-3/h7,17-18H,3,5-6,8-16H2,1-2,4H3,(H2,25,26,27)/t18-,24?/m1/s1. The number of nitrogen functional groups attached to an aromatic ring is 1. The van der Waals surface area contributed by atoms with Crippen LogP contribution >= 0.6 is 0 Å². The maximum atomic E-state index is 12.2. The highest BCUT2D eigenvalue weighted by atomic mass is 16.2. The van der Waals surface area contributed by atoms with Crippen LogP contribution in [0.25, 0.3) is 11.0 Å². The van der Waals surface area contributed by atoms with Crippen LogP contribution in [0.5, 0.6) is 0 Å². The fraction of sp³-hybridized carbons (Fsp3) is 0.667. The van der Waals surface area contributed by atoms with E-state index < -0.39 is 0 Å². The molecule has 2 atom stereocenters. The molecule has 3 rings (SSSR count). The third-order valence-corrected chi connectivity index (χ3v) is 6.73. The summed E-state index contributed by atoms with van der Waals surface area (Å²) in [6.45, 7) is 11.8. The second-order valence-corrected chi connectivity index (χ2v) is 9.16. The molecule has 0 aromatic carbocycles. The van der Waals surface area contributed by atoms with Gasteiger partial charge in [0, 0.05) is 18.5 Å². The van der Waals surface area contributed by atoms with Gasteiger partial charge in [-0.3, -0.25) is 4.79 Å². The van der Waals surface area contributed by atoms with Crippen molar-refractivity contribution >= 4 is 22.8 Å². The molecule has 2 N–H and O–H groups in total. The molecule has 1 aliphatic heterocycles. The Hall–Kier alpha value is -2.44. The number of nitrogens with two attached hydrogens (primary N) is 1. The number of fused-ring (bicyclic) bond motifs is 1. The number of nitrogens with zero attached hydrogens (tertiary/aromatic N) is 5. The molecule has 1 unspecified atom stereocenters. The van der Waals surface area contributed by atoms with E-state index in [1.807, 2.05) is 9.58 Å². The molecule has 3 heterocycles. The van der Waals surface area contributed by atoms with Gasteiger partial charge in [-0.05, 0) is 31.8 Å². The van der Waals surface area contributed by atoms with Crippen LogP contribution in [0.2, 0.25) is 0 Å². The third-order valence-electron chi connectivity index (χ3n) is 6.73. The Morgan fingerprint density at radius 2 is 2.00 bits per heavy atom. The normalized spacial score (nSPS) is 18.8. The molecule has 0 spiro atoms. The maximum absolute atomic E-state index is 12.2. The number of rotatable bonds is 10. The van der Waals surface area contributed by atoms with Gasteiger partial charge in [0.05, 0.1) is 17.1 Å². The van der Waals surface area contributed by atoms with E-state index in [-0.39, 0.29) is 17.4 Å². The Balaban J connectivity index is 2.06. The molecule has 0 saturated carbocycles. The highest BCUT2D eigenvalue weighted by Crippen LogP contribution is 2.40. The van der Waals surface area contributed by atoms with Crippen LogP contribution < -0.4 is 5.73 Å². The molecule has 170 valence electrons. The highest BCUT2D eigenvalue weighted by Gasteiger charge is 2.35. The summed E-state index contributed by atoms with van der Waals surface area (Å²) in [6, 6.07) is 0.0780. The van der Waals surface area contributed by atoms with E-state index in [1.165, 1.54) is 31.7 Å². The van der Waals surface area contributed by atoms with Crippen LogP contribution in [0.15, 0.2) is 19.0 Å². The molecular formula is C24H38N6O. The average Bonchev–Trinajstić information content (AvgIpc) is 3.19. The van der Waals surface area contributed by atoms with E-state index >= 15 is 0 Å². The number of amides is 1. The Kier molecular flexibility index (Phi) is 7.68. The minimum absolute atomic E-state index is 0.0251. The molecule has 0 bridgehead atoms. The Bertz CT molecular complexity index is 907. The van der Waals surface area contributed by atoms with Crippen molar-refractivity contribution in [2.45, 2.75) is 90.0 Å². The summed E-state index contributed by atoms with van der Waals surface area (Å²) in [7, 11) is 0. The largest absolute Gasteiger partial charge is 0.383 e. The number of unbranched alkanes of at least 4 members (excludes halogenated alkanes) is 3. The van der Waals surface area contributed by atoms with Crippen molar-refractivity contribution in [3.8, 4) is 0 Å². The highest BCUT2D eigenvalue weighted by molar-refractivity contribution is 5.89. The zero-order valence-electron chi connectivity index (χ0n) is 19.4. The Labute approximate surface area is 186 Å². The summed E-state index contributed by atoms with van der Waals surface area (Å²) < 4.78 is 2.02. The van der Waals surface area contributed by atoms with Gasteiger partial charge in [-0.2, -0.15) is 5.10 Å². The van der Waals surface area contributed by atoms with Crippen molar-refractivity contribution in [2.75, 3.05) is 18.8 Å². The molecule has 0 aliphatic carbocycles. The Morgan fingerprint density at radius 3 is 2.71 bits per heavy atom. The van der Waals surface area contributed by atoms with Crippen molar-refractivity contribution in [3.05, 3.63) is 24.7 Å². The van der Waals surface area contributed by atoms with Gasteiger partial charge in [-0.15, -0.1) is 0 Å². The average molecular weight is 427 g/mol.